The van der Waals surface area contributed by atoms with E-state index in [1.54, 1.807) is 42.7 Å². The van der Waals surface area contributed by atoms with Crippen LogP contribution in [0.25, 0.3) is 0 Å². The molecule has 1 aliphatic rings. The first-order chi connectivity index (χ1) is 10.7. The van der Waals surface area contributed by atoms with Gasteiger partial charge in [-0.05, 0) is 59.8 Å². The van der Waals surface area contributed by atoms with Crippen molar-refractivity contribution in [3.05, 3.63) is 48.3 Å². The number of aromatic nitrogens is 1. The molecule has 1 atom stereocenters. The van der Waals surface area contributed by atoms with E-state index in [0.717, 1.165) is 18.4 Å². The van der Waals surface area contributed by atoms with Crippen molar-refractivity contribution < 1.29 is 13.5 Å². The van der Waals surface area contributed by atoms with Gasteiger partial charge in [0.15, 0.2) is 0 Å². The number of nitrogens with zero attached hydrogens (tertiary/aromatic N) is 1. The molecule has 0 aliphatic heterocycles. The highest BCUT2D eigenvalue weighted by atomic mass is 32.2. The van der Waals surface area contributed by atoms with E-state index >= 15 is 0 Å². The Morgan fingerprint density at radius 3 is 2.82 bits per heavy atom. The second-order valence-corrected chi connectivity index (χ2v) is 6.21. The third kappa shape index (κ3) is 3.71. The Bertz CT molecular complexity index is 660. The van der Waals surface area contributed by atoms with E-state index in [1.807, 2.05) is 0 Å². The molecule has 6 heteroatoms. The van der Waals surface area contributed by atoms with Crippen molar-refractivity contribution in [2.75, 3.05) is 0 Å². The van der Waals surface area contributed by atoms with Gasteiger partial charge >= 0.3 is 0 Å². The highest BCUT2D eigenvalue weighted by Gasteiger charge is 2.17. The van der Waals surface area contributed by atoms with Crippen molar-refractivity contribution in [1.82, 2.24) is 10.3 Å². The van der Waals surface area contributed by atoms with E-state index in [-0.39, 0.29) is 0 Å². The SMILES string of the molecule is O=S([O-])c1ccc(Oc2cccnc2)cc1CNC1CCC1. The average molecular weight is 317 g/mol. The third-order valence-corrected chi connectivity index (χ3v) is 4.53. The molecule has 0 amide bonds. The van der Waals surface area contributed by atoms with Crippen LogP contribution in [0.2, 0.25) is 0 Å². The van der Waals surface area contributed by atoms with Crippen LogP contribution < -0.4 is 10.1 Å². The molecule has 0 radical (unpaired) electrons. The minimum atomic E-state index is -2.25. The fourth-order valence-electron chi connectivity index (χ4n) is 2.33. The van der Waals surface area contributed by atoms with E-state index in [4.69, 9.17) is 4.74 Å². The average Bonchev–Trinajstić information content (AvgIpc) is 2.46. The lowest BCUT2D eigenvalue weighted by molar-refractivity contribution is 0.337. The largest absolute Gasteiger partial charge is 0.768 e. The number of hydrogen-bond donors (Lipinski definition) is 1. The molecule has 1 N–H and O–H groups in total. The summed E-state index contributed by atoms with van der Waals surface area (Å²) in [6, 6.07) is 9.09. The van der Waals surface area contributed by atoms with Crippen LogP contribution in [0.5, 0.6) is 11.5 Å². The number of ether oxygens (including phenoxy) is 1. The summed E-state index contributed by atoms with van der Waals surface area (Å²) in [5, 5.41) is 3.38. The molecule has 0 saturated heterocycles. The molecule has 5 nitrogen and oxygen atoms in total. The standard InChI is InChI=1S/C16H18N2O3S/c19-22(20)16-7-6-14(21-15-5-2-8-17-11-15)9-12(16)10-18-13-3-1-4-13/h2,5-9,11,13,18H,1,3-4,10H2,(H,19,20)/p-1. The summed E-state index contributed by atoms with van der Waals surface area (Å²) >= 11 is -2.25. The molecule has 1 saturated carbocycles. The molecule has 1 aliphatic carbocycles. The molecule has 22 heavy (non-hydrogen) atoms. The summed E-state index contributed by atoms with van der Waals surface area (Å²) in [5.41, 5.74) is 0.724. The zero-order chi connectivity index (χ0) is 15.4. The van der Waals surface area contributed by atoms with E-state index < -0.39 is 11.1 Å². The first-order valence-corrected chi connectivity index (χ1v) is 8.33. The lowest BCUT2D eigenvalue weighted by Crippen LogP contribution is -2.34. The number of rotatable bonds is 6. The van der Waals surface area contributed by atoms with Crippen molar-refractivity contribution in [2.24, 2.45) is 0 Å². The predicted octanol–water partition coefficient (Wildman–Crippen LogP) is 2.75. The highest BCUT2D eigenvalue weighted by Crippen LogP contribution is 2.26. The first kappa shape index (κ1) is 15.1. The summed E-state index contributed by atoms with van der Waals surface area (Å²) in [7, 11) is 0. The Morgan fingerprint density at radius 1 is 1.32 bits per heavy atom. The molecule has 1 aromatic heterocycles. The lowest BCUT2D eigenvalue weighted by Gasteiger charge is -2.27. The Morgan fingerprint density at radius 2 is 2.18 bits per heavy atom. The number of benzene rings is 1. The monoisotopic (exact) mass is 317 g/mol. The number of pyridine rings is 1. The fraction of sp³-hybridized carbons (Fsp3) is 0.312. The van der Waals surface area contributed by atoms with Crippen LogP contribution in [0.1, 0.15) is 24.8 Å². The maximum absolute atomic E-state index is 11.3. The minimum Gasteiger partial charge on any atom is -0.768 e. The summed E-state index contributed by atoms with van der Waals surface area (Å²) in [5.74, 6) is 1.23. The van der Waals surface area contributed by atoms with E-state index in [2.05, 4.69) is 10.3 Å². The zero-order valence-electron chi connectivity index (χ0n) is 12.0. The predicted molar refractivity (Wildman–Crippen MR) is 82.4 cm³/mol. The molecular weight excluding hydrogens is 300 g/mol. The smallest absolute Gasteiger partial charge is 0.145 e. The van der Waals surface area contributed by atoms with Crippen molar-refractivity contribution in [2.45, 2.75) is 36.7 Å². The van der Waals surface area contributed by atoms with Gasteiger partial charge in [0, 0.05) is 23.7 Å². The molecule has 116 valence electrons. The maximum atomic E-state index is 11.3. The van der Waals surface area contributed by atoms with E-state index in [9.17, 15) is 8.76 Å². The lowest BCUT2D eigenvalue weighted by atomic mass is 9.93. The summed E-state index contributed by atoms with van der Waals surface area (Å²) in [4.78, 5) is 4.30. The van der Waals surface area contributed by atoms with Crippen molar-refractivity contribution >= 4 is 11.1 Å². The molecule has 1 aromatic carbocycles. The topological polar surface area (TPSA) is 74.3 Å². The maximum Gasteiger partial charge on any atom is 0.145 e. The Labute approximate surface area is 132 Å². The van der Waals surface area contributed by atoms with Gasteiger partial charge in [-0.1, -0.05) is 6.42 Å². The van der Waals surface area contributed by atoms with Crippen LogP contribution in [-0.2, 0) is 17.6 Å². The molecule has 2 aromatic rings. The molecule has 0 spiro atoms. The van der Waals surface area contributed by atoms with Gasteiger partial charge in [-0.3, -0.25) is 9.19 Å². The second-order valence-electron chi connectivity index (χ2n) is 5.30. The van der Waals surface area contributed by atoms with Gasteiger partial charge in [-0.2, -0.15) is 0 Å². The molecule has 0 bridgehead atoms. The summed E-state index contributed by atoms with van der Waals surface area (Å²) in [6.07, 6.45) is 6.84. The van der Waals surface area contributed by atoms with Crippen molar-refractivity contribution in [1.29, 1.82) is 0 Å². The van der Waals surface area contributed by atoms with Crippen molar-refractivity contribution in [3.8, 4) is 11.5 Å². The second kappa shape index (κ2) is 7.00. The Kier molecular flexibility index (Phi) is 4.82. The fourth-order valence-corrected chi connectivity index (χ4v) is 2.85. The molecule has 1 heterocycles. The normalized spacial score (nSPS) is 16.0. The third-order valence-electron chi connectivity index (χ3n) is 3.77. The van der Waals surface area contributed by atoms with Gasteiger partial charge in [0.05, 0.1) is 6.20 Å². The van der Waals surface area contributed by atoms with Gasteiger partial charge in [-0.25, -0.2) is 0 Å². The van der Waals surface area contributed by atoms with Gasteiger partial charge in [0.25, 0.3) is 0 Å². The number of nitrogens with one attached hydrogen (secondary N) is 1. The zero-order valence-corrected chi connectivity index (χ0v) is 12.8. The van der Waals surface area contributed by atoms with E-state index in [0.29, 0.717) is 29.0 Å². The quantitative estimate of drug-likeness (QED) is 0.829. The van der Waals surface area contributed by atoms with Crippen molar-refractivity contribution in [3.63, 3.8) is 0 Å². The van der Waals surface area contributed by atoms with Crippen LogP contribution in [-0.4, -0.2) is 19.8 Å². The molecule has 1 unspecified atom stereocenters. The van der Waals surface area contributed by atoms with Gasteiger partial charge in [0.2, 0.25) is 0 Å². The minimum absolute atomic E-state index is 0.311. The molecular formula is C16H17N2O3S-. The highest BCUT2D eigenvalue weighted by molar-refractivity contribution is 7.79. The van der Waals surface area contributed by atoms with Crippen LogP contribution in [0.3, 0.4) is 0 Å². The summed E-state index contributed by atoms with van der Waals surface area (Å²) < 4.78 is 28.4. The van der Waals surface area contributed by atoms with Crippen LogP contribution >= 0.6 is 0 Å². The van der Waals surface area contributed by atoms with Gasteiger partial charge in [0.1, 0.15) is 11.5 Å². The molecule has 1 fully saturated rings. The van der Waals surface area contributed by atoms with Gasteiger partial charge in [-0.15, -0.1) is 0 Å². The van der Waals surface area contributed by atoms with Crippen LogP contribution in [0, 0.1) is 0 Å². The van der Waals surface area contributed by atoms with Crippen LogP contribution in [0.4, 0.5) is 0 Å². The van der Waals surface area contributed by atoms with Crippen LogP contribution in [0.15, 0.2) is 47.6 Å². The summed E-state index contributed by atoms with van der Waals surface area (Å²) in [6.45, 7) is 0.526. The van der Waals surface area contributed by atoms with Gasteiger partial charge < -0.3 is 14.6 Å². The first-order valence-electron chi connectivity index (χ1n) is 7.26. The van der Waals surface area contributed by atoms with E-state index in [1.165, 1.54) is 6.42 Å². The Hall–Kier alpha value is -1.76. The Balaban J connectivity index is 1.77. The molecule has 3 rings (SSSR count). The number of hydrogen-bond acceptors (Lipinski definition) is 5.